The van der Waals surface area contributed by atoms with E-state index in [0.29, 0.717) is 39.0 Å². The van der Waals surface area contributed by atoms with Crippen molar-refractivity contribution in [3.8, 4) is 0 Å². The van der Waals surface area contributed by atoms with Gasteiger partial charge in [0, 0.05) is 18.2 Å². The van der Waals surface area contributed by atoms with E-state index in [0.717, 1.165) is 23.7 Å². The zero-order valence-corrected chi connectivity index (χ0v) is 20.2. The summed E-state index contributed by atoms with van der Waals surface area (Å²) >= 11 is 6.60. The van der Waals surface area contributed by atoms with Gasteiger partial charge < -0.3 is 5.32 Å². The fourth-order valence-corrected chi connectivity index (χ4v) is 5.47. The lowest BCUT2D eigenvalue weighted by Crippen LogP contribution is -2.39. The molecule has 1 saturated heterocycles. The number of amides is 3. The molecule has 8 heteroatoms. The van der Waals surface area contributed by atoms with Crippen molar-refractivity contribution in [2.75, 3.05) is 18.0 Å². The van der Waals surface area contributed by atoms with Crippen LogP contribution in [0.2, 0.25) is 0 Å². The third kappa shape index (κ3) is 4.58. The molecule has 0 aromatic heterocycles. The molecule has 2 aromatic rings. The Morgan fingerprint density at radius 3 is 2.48 bits per heavy atom. The standard InChI is InChI=1S/C25H25N3O3S2/c1-3-16(2)28-24(31)22(33-25(28)32)21-18-11-7-8-12-19(18)27(23(21)30)15-20(29)26-14-13-17-9-5-4-6-10-17/h4-12,16H,3,13-15H2,1-2H3,(H,26,29)/b22-21-/t16-/m1/s1. The zero-order chi connectivity index (χ0) is 23.5. The average molecular weight is 480 g/mol. The number of hydrogen-bond donors (Lipinski definition) is 1. The van der Waals surface area contributed by atoms with Crippen LogP contribution in [-0.2, 0) is 20.8 Å². The van der Waals surface area contributed by atoms with Gasteiger partial charge >= 0.3 is 0 Å². The molecule has 4 rings (SSSR count). The summed E-state index contributed by atoms with van der Waals surface area (Å²) in [4.78, 5) is 42.6. The van der Waals surface area contributed by atoms with Crippen molar-refractivity contribution in [1.82, 2.24) is 10.2 Å². The summed E-state index contributed by atoms with van der Waals surface area (Å²) in [5.74, 6) is -0.840. The highest BCUT2D eigenvalue weighted by molar-refractivity contribution is 8.26. The molecule has 0 radical (unpaired) electrons. The first-order valence-corrected chi connectivity index (χ1v) is 12.2. The molecule has 0 spiro atoms. The second-order valence-electron chi connectivity index (χ2n) is 8.00. The Bertz CT molecular complexity index is 1150. The number of rotatable bonds is 7. The normalized spacial score (nSPS) is 18.7. The van der Waals surface area contributed by atoms with Crippen LogP contribution in [0.5, 0.6) is 0 Å². The van der Waals surface area contributed by atoms with Gasteiger partial charge in [-0.3, -0.25) is 24.2 Å². The third-order valence-electron chi connectivity index (χ3n) is 5.86. The summed E-state index contributed by atoms with van der Waals surface area (Å²) in [5.41, 5.74) is 2.74. The second-order valence-corrected chi connectivity index (χ2v) is 9.64. The van der Waals surface area contributed by atoms with Crippen molar-refractivity contribution < 1.29 is 14.4 Å². The van der Waals surface area contributed by atoms with E-state index < -0.39 is 0 Å². The van der Waals surface area contributed by atoms with Crippen molar-refractivity contribution in [3.63, 3.8) is 0 Å². The number of nitrogens with one attached hydrogen (secondary N) is 1. The molecular weight excluding hydrogens is 454 g/mol. The number of nitrogens with zero attached hydrogens (tertiary/aromatic N) is 2. The highest BCUT2D eigenvalue weighted by Gasteiger charge is 2.43. The maximum Gasteiger partial charge on any atom is 0.267 e. The van der Waals surface area contributed by atoms with E-state index in [4.69, 9.17) is 12.2 Å². The number of thiocarbonyl (C=S) groups is 1. The first kappa shape index (κ1) is 23.2. The molecule has 2 aliphatic heterocycles. The van der Waals surface area contributed by atoms with Crippen LogP contribution in [0.3, 0.4) is 0 Å². The van der Waals surface area contributed by atoms with Gasteiger partial charge in [0.2, 0.25) is 5.91 Å². The molecule has 3 amide bonds. The van der Waals surface area contributed by atoms with Crippen LogP contribution >= 0.6 is 24.0 Å². The molecule has 6 nitrogen and oxygen atoms in total. The molecule has 33 heavy (non-hydrogen) atoms. The van der Waals surface area contributed by atoms with Gasteiger partial charge in [-0.1, -0.05) is 79.4 Å². The van der Waals surface area contributed by atoms with Gasteiger partial charge in [-0.05, 0) is 31.4 Å². The van der Waals surface area contributed by atoms with E-state index in [1.54, 1.807) is 11.0 Å². The Hall–Kier alpha value is -2.97. The van der Waals surface area contributed by atoms with Crippen molar-refractivity contribution in [2.45, 2.75) is 32.7 Å². The topological polar surface area (TPSA) is 69.7 Å². The average Bonchev–Trinajstić information content (AvgIpc) is 3.26. The number of thioether (sulfide) groups is 1. The van der Waals surface area contributed by atoms with Gasteiger partial charge in [0.1, 0.15) is 10.9 Å². The third-order valence-corrected chi connectivity index (χ3v) is 7.26. The Morgan fingerprint density at radius 2 is 1.76 bits per heavy atom. The summed E-state index contributed by atoms with van der Waals surface area (Å²) in [6.45, 7) is 4.30. The molecule has 2 aromatic carbocycles. The minimum Gasteiger partial charge on any atom is -0.354 e. The highest BCUT2D eigenvalue weighted by atomic mass is 32.2. The second kappa shape index (κ2) is 9.89. The smallest absolute Gasteiger partial charge is 0.267 e. The SMILES string of the molecule is CC[C@@H](C)N1C(=O)/C(=C2/C(=O)N(CC(=O)NCCc3ccccc3)c3ccccc32)SC1=S. The van der Waals surface area contributed by atoms with Crippen LogP contribution in [0.15, 0.2) is 59.5 Å². The highest BCUT2D eigenvalue weighted by Crippen LogP contribution is 2.44. The Kier molecular flexibility index (Phi) is 6.95. The number of para-hydroxylation sites is 1. The molecule has 170 valence electrons. The van der Waals surface area contributed by atoms with Gasteiger partial charge in [-0.2, -0.15) is 0 Å². The molecule has 0 bridgehead atoms. The van der Waals surface area contributed by atoms with Gasteiger partial charge in [-0.25, -0.2) is 0 Å². The molecule has 1 fully saturated rings. The number of fused-ring (bicyclic) bond motifs is 1. The molecule has 1 atom stereocenters. The molecule has 0 unspecified atom stereocenters. The summed E-state index contributed by atoms with van der Waals surface area (Å²) in [7, 11) is 0. The summed E-state index contributed by atoms with van der Waals surface area (Å²) < 4.78 is 0.458. The number of carbonyl (C=O) groups excluding carboxylic acids is 3. The Labute approximate surface area is 203 Å². The van der Waals surface area contributed by atoms with E-state index in [1.807, 2.05) is 62.4 Å². The lowest BCUT2D eigenvalue weighted by atomic mass is 10.1. The molecule has 0 saturated carbocycles. The maximum absolute atomic E-state index is 13.4. The minimum atomic E-state index is -0.348. The van der Waals surface area contributed by atoms with Crippen LogP contribution in [0.1, 0.15) is 31.4 Å². The van der Waals surface area contributed by atoms with E-state index in [9.17, 15) is 14.4 Å². The summed E-state index contributed by atoms with van der Waals surface area (Å²) in [6.07, 6.45) is 1.47. The molecule has 0 aliphatic carbocycles. The zero-order valence-electron chi connectivity index (χ0n) is 18.5. The lowest BCUT2D eigenvalue weighted by Gasteiger charge is -2.21. The van der Waals surface area contributed by atoms with E-state index in [2.05, 4.69) is 5.32 Å². The van der Waals surface area contributed by atoms with E-state index in [-0.39, 0.29) is 30.3 Å². The number of anilines is 1. The van der Waals surface area contributed by atoms with Gasteiger partial charge in [0.15, 0.2) is 0 Å². The van der Waals surface area contributed by atoms with Crippen molar-refractivity contribution in [1.29, 1.82) is 0 Å². The molecular formula is C25H25N3O3S2. The molecule has 2 aliphatic rings. The molecule has 2 heterocycles. The number of benzene rings is 2. The quantitative estimate of drug-likeness (QED) is 0.484. The number of hydrogen-bond acceptors (Lipinski definition) is 5. The molecule has 1 N–H and O–H groups in total. The first-order valence-electron chi connectivity index (χ1n) is 10.9. The van der Waals surface area contributed by atoms with Crippen molar-refractivity contribution >= 4 is 57.3 Å². The van der Waals surface area contributed by atoms with Crippen molar-refractivity contribution in [2.24, 2.45) is 0 Å². The summed E-state index contributed by atoms with van der Waals surface area (Å²) in [6, 6.07) is 17.1. The van der Waals surface area contributed by atoms with Crippen LogP contribution in [0, 0.1) is 0 Å². The Morgan fingerprint density at radius 1 is 1.06 bits per heavy atom. The fraction of sp³-hybridized carbons (Fsp3) is 0.280. The van der Waals surface area contributed by atoms with E-state index >= 15 is 0 Å². The predicted molar refractivity (Wildman–Crippen MR) is 136 cm³/mol. The van der Waals surface area contributed by atoms with Crippen molar-refractivity contribution in [3.05, 3.63) is 70.6 Å². The Balaban J connectivity index is 1.54. The van der Waals surface area contributed by atoms with E-state index in [1.165, 1.54) is 4.90 Å². The van der Waals surface area contributed by atoms with Crippen LogP contribution in [-0.4, -0.2) is 46.1 Å². The minimum absolute atomic E-state index is 0.0474. The maximum atomic E-state index is 13.4. The number of carbonyl (C=O) groups is 3. The predicted octanol–water partition coefficient (Wildman–Crippen LogP) is 3.76. The first-order chi connectivity index (χ1) is 15.9. The largest absolute Gasteiger partial charge is 0.354 e. The fourth-order valence-electron chi connectivity index (χ4n) is 3.94. The van der Waals surface area contributed by atoms with Gasteiger partial charge in [0.05, 0.1) is 16.2 Å². The lowest BCUT2D eigenvalue weighted by molar-refractivity contribution is -0.123. The van der Waals surface area contributed by atoms with Crippen LogP contribution in [0.4, 0.5) is 5.69 Å². The summed E-state index contributed by atoms with van der Waals surface area (Å²) in [5, 5.41) is 2.89. The monoisotopic (exact) mass is 479 g/mol. The van der Waals surface area contributed by atoms with Gasteiger partial charge in [0.25, 0.3) is 11.8 Å². The van der Waals surface area contributed by atoms with Gasteiger partial charge in [-0.15, -0.1) is 0 Å². The van der Waals surface area contributed by atoms with Crippen LogP contribution in [0.25, 0.3) is 5.57 Å². The van der Waals surface area contributed by atoms with Crippen LogP contribution < -0.4 is 10.2 Å².